The van der Waals surface area contributed by atoms with Crippen LogP contribution in [0.15, 0.2) is 0 Å². The number of hydrogen-bond donors (Lipinski definition) is 1. The van der Waals surface area contributed by atoms with Crippen molar-refractivity contribution in [3.63, 3.8) is 0 Å². The van der Waals surface area contributed by atoms with Crippen LogP contribution in [0.2, 0.25) is 0 Å². The van der Waals surface area contributed by atoms with Crippen molar-refractivity contribution in [2.75, 3.05) is 6.54 Å². The SMILES string of the molecule is CCCCCCNC(=O)CC1CC2CCC1C2. The van der Waals surface area contributed by atoms with Gasteiger partial charge in [0.2, 0.25) is 5.91 Å². The molecule has 0 saturated heterocycles. The normalized spacial score (nSPS) is 30.8. The Bertz CT molecular complexity index is 251. The van der Waals surface area contributed by atoms with Crippen molar-refractivity contribution >= 4 is 5.91 Å². The second-order valence-electron chi connectivity index (χ2n) is 6.05. The minimum absolute atomic E-state index is 0.305. The highest BCUT2D eigenvalue weighted by molar-refractivity contribution is 5.76. The number of hydrogen-bond acceptors (Lipinski definition) is 1. The van der Waals surface area contributed by atoms with Crippen molar-refractivity contribution in [2.24, 2.45) is 17.8 Å². The lowest BCUT2D eigenvalue weighted by Gasteiger charge is -2.20. The zero-order chi connectivity index (χ0) is 12.1. The van der Waals surface area contributed by atoms with Gasteiger partial charge in [0.05, 0.1) is 0 Å². The summed E-state index contributed by atoms with van der Waals surface area (Å²) in [6, 6.07) is 0. The molecule has 0 spiro atoms. The van der Waals surface area contributed by atoms with Crippen LogP contribution in [-0.4, -0.2) is 12.5 Å². The summed E-state index contributed by atoms with van der Waals surface area (Å²) in [6.07, 6.45) is 11.3. The van der Waals surface area contributed by atoms with Crippen LogP contribution < -0.4 is 5.32 Å². The standard InChI is InChI=1S/C15H27NO/c1-2-3-4-5-8-16-15(17)11-14-10-12-6-7-13(14)9-12/h12-14H,2-11H2,1H3,(H,16,17). The molecule has 2 nitrogen and oxygen atoms in total. The number of rotatable bonds is 7. The summed E-state index contributed by atoms with van der Waals surface area (Å²) in [5.41, 5.74) is 0. The predicted octanol–water partition coefficient (Wildman–Crippen LogP) is 3.51. The van der Waals surface area contributed by atoms with Gasteiger partial charge in [-0.25, -0.2) is 0 Å². The van der Waals surface area contributed by atoms with Gasteiger partial charge in [0.1, 0.15) is 0 Å². The Labute approximate surface area is 106 Å². The molecule has 17 heavy (non-hydrogen) atoms. The summed E-state index contributed by atoms with van der Waals surface area (Å²) < 4.78 is 0. The van der Waals surface area contributed by atoms with E-state index in [4.69, 9.17) is 0 Å². The molecule has 1 amide bonds. The molecule has 0 aromatic carbocycles. The van der Waals surface area contributed by atoms with Gasteiger partial charge in [0.15, 0.2) is 0 Å². The molecule has 2 heteroatoms. The van der Waals surface area contributed by atoms with Gasteiger partial charge in [0.25, 0.3) is 0 Å². The van der Waals surface area contributed by atoms with Gasteiger partial charge < -0.3 is 5.32 Å². The quantitative estimate of drug-likeness (QED) is 0.675. The lowest BCUT2D eigenvalue weighted by atomic mass is 9.86. The van der Waals surface area contributed by atoms with Crippen LogP contribution in [0.4, 0.5) is 0 Å². The van der Waals surface area contributed by atoms with E-state index in [-0.39, 0.29) is 0 Å². The van der Waals surface area contributed by atoms with Crippen LogP contribution in [0.25, 0.3) is 0 Å². The lowest BCUT2D eigenvalue weighted by molar-refractivity contribution is -0.122. The molecule has 1 N–H and O–H groups in total. The Hall–Kier alpha value is -0.530. The highest BCUT2D eigenvalue weighted by atomic mass is 16.1. The van der Waals surface area contributed by atoms with E-state index in [1.54, 1.807) is 0 Å². The molecule has 3 atom stereocenters. The van der Waals surface area contributed by atoms with Crippen LogP contribution in [0, 0.1) is 17.8 Å². The fraction of sp³-hybridized carbons (Fsp3) is 0.933. The van der Waals surface area contributed by atoms with Crippen LogP contribution in [0.5, 0.6) is 0 Å². The van der Waals surface area contributed by atoms with Gasteiger partial charge in [0, 0.05) is 13.0 Å². The van der Waals surface area contributed by atoms with Crippen molar-refractivity contribution in [3.05, 3.63) is 0 Å². The molecule has 0 aliphatic heterocycles. The number of nitrogens with one attached hydrogen (secondary N) is 1. The smallest absolute Gasteiger partial charge is 0.220 e. The molecule has 3 unspecified atom stereocenters. The third kappa shape index (κ3) is 3.72. The second kappa shape index (κ2) is 6.42. The fourth-order valence-corrected chi connectivity index (χ4v) is 3.72. The van der Waals surface area contributed by atoms with Crippen molar-refractivity contribution in [2.45, 2.75) is 64.7 Å². The molecule has 2 fully saturated rings. The number of unbranched alkanes of at least 4 members (excludes halogenated alkanes) is 3. The van der Waals surface area contributed by atoms with Crippen LogP contribution >= 0.6 is 0 Å². The first-order valence-corrected chi connectivity index (χ1v) is 7.56. The molecule has 0 heterocycles. The predicted molar refractivity (Wildman–Crippen MR) is 70.7 cm³/mol. The van der Waals surface area contributed by atoms with Crippen molar-refractivity contribution in [1.29, 1.82) is 0 Å². The number of amides is 1. The van der Waals surface area contributed by atoms with Crippen molar-refractivity contribution < 1.29 is 4.79 Å². The number of carbonyl (C=O) groups is 1. The summed E-state index contributed by atoms with van der Waals surface area (Å²) in [7, 11) is 0. The van der Waals surface area contributed by atoms with Gasteiger partial charge in [-0.05, 0) is 43.4 Å². The Morgan fingerprint density at radius 3 is 2.71 bits per heavy atom. The Morgan fingerprint density at radius 1 is 1.18 bits per heavy atom. The van der Waals surface area contributed by atoms with E-state index in [1.165, 1.54) is 44.9 Å². The van der Waals surface area contributed by atoms with E-state index in [0.29, 0.717) is 11.8 Å². The van der Waals surface area contributed by atoms with Gasteiger partial charge in [-0.2, -0.15) is 0 Å². The molecule has 0 aromatic rings. The average molecular weight is 237 g/mol. The Kier molecular flexibility index (Phi) is 4.87. The van der Waals surface area contributed by atoms with Gasteiger partial charge in [-0.15, -0.1) is 0 Å². The Balaban J connectivity index is 1.55. The molecule has 2 bridgehead atoms. The lowest BCUT2D eigenvalue weighted by Crippen LogP contribution is -2.28. The topological polar surface area (TPSA) is 29.1 Å². The average Bonchev–Trinajstić information content (AvgIpc) is 2.90. The maximum atomic E-state index is 11.8. The zero-order valence-electron chi connectivity index (χ0n) is 11.2. The van der Waals surface area contributed by atoms with E-state index in [9.17, 15) is 4.79 Å². The van der Waals surface area contributed by atoms with Gasteiger partial charge in [-0.1, -0.05) is 32.6 Å². The molecule has 0 aromatic heterocycles. The fourth-order valence-electron chi connectivity index (χ4n) is 3.72. The number of carbonyl (C=O) groups excluding carboxylic acids is 1. The monoisotopic (exact) mass is 237 g/mol. The van der Waals surface area contributed by atoms with Gasteiger partial charge in [-0.3, -0.25) is 4.79 Å². The van der Waals surface area contributed by atoms with E-state index in [1.807, 2.05) is 0 Å². The molecule has 2 aliphatic carbocycles. The third-order valence-electron chi connectivity index (χ3n) is 4.68. The molecular weight excluding hydrogens is 210 g/mol. The maximum Gasteiger partial charge on any atom is 0.220 e. The minimum Gasteiger partial charge on any atom is -0.356 e. The molecular formula is C15H27NO. The molecule has 0 radical (unpaired) electrons. The summed E-state index contributed by atoms with van der Waals surface area (Å²) >= 11 is 0. The minimum atomic E-state index is 0.305. The highest BCUT2D eigenvalue weighted by Gasteiger charge is 2.39. The largest absolute Gasteiger partial charge is 0.356 e. The van der Waals surface area contributed by atoms with Crippen molar-refractivity contribution in [1.82, 2.24) is 5.32 Å². The molecule has 2 rings (SSSR count). The first-order chi connectivity index (χ1) is 8.29. The molecule has 2 aliphatic rings. The number of fused-ring (bicyclic) bond motifs is 2. The van der Waals surface area contributed by atoms with E-state index in [0.717, 1.165) is 31.2 Å². The molecule has 2 saturated carbocycles. The maximum absolute atomic E-state index is 11.8. The summed E-state index contributed by atoms with van der Waals surface area (Å²) in [6.45, 7) is 3.10. The van der Waals surface area contributed by atoms with Crippen LogP contribution in [0.3, 0.4) is 0 Å². The first-order valence-electron chi connectivity index (χ1n) is 7.56. The Morgan fingerprint density at radius 2 is 2.06 bits per heavy atom. The summed E-state index contributed by atoms with van der Waals surface area (Å²) in [5, 5.41) is 3.09. The zero-order valence-corrected chi connectivity index (χ0v) is 11.2. The summed E-state index contributed by atoms with van der Waals surface area (Å²) in [5.74, 6) is 2.86. The van der Waals surface area contributed by atoms with Crippen LogP contribution in [-0.2, 0) is 4.79 Å². The van der Waals surface area contributed by atoms with E-state index < -0.39 is 0 Å². The molecule has 98 valence electrons. The van der Waals surface area contributed by atoms with Crippen molar-refractivity contribution in [3.8, 4) is 0 Å². The first kappa shape index (κ1) is 12.9. The van der Waals surface area contributed by atoms with E-state index >= 15 is 0 Å². The highest BCUT2D eigenvalue weighted by Crippen LogP contribution is 2.49. The second-order valence-corrected chi connectivity index (χ2v) is 6.05. The third-order valence-corrected chi connectivity index (χ3v) is 4.68. The van der Waals surface area contributed by atoms with E-state index in [2.05, 4.69) is 12.2 Å². The van der Waals surface area contributed by atoms with Crippen LogP contribution in [0.1, 0.15) is 64.7 Å². The summed E-state index contributed by atoms with van der Waals surface area (Å²) in [4.78, 5) is 11.8. The van der Waals surface area contributed by atoms with Gasteiger partial charge >= 0.3 is 0 Å².